The minimum atomic E-state index is -3.07. The Labute approximate surface area is 188 Å². The zero-order chi connectivity index (χ0) is 23.0. The van der Waals surface area contributed by atoms with Crippen molar-refractivity contribution in [3.05, 3.63) is 59.5 Å². The van der Waals surface area contributed by atoms with E-state index in [0.29, 0.717) is 28.5 Å². The molecule has 3 aromatic rings. The molecule has 1 N–H and O–H groups in total. The van der Waals surface area contributed by atoms with Crippen LogP contribution in [0.15, 0.2) is 47.8 Å². The van der Waals surface area contributed by atoms with Crippen LogP contribution in [0.1, 0.15) is 51.6 Å². The average Bonchev–Trinajstić information content (AvgIpc) is 3.13. The SMILES string of the molecule is CCC[C@@H](c1[nH]c(-c2ccc(F)cn2)nc1Cl)[C@@H](C)CC.CS(=O)(=O)c1cccnc1. The third kappa shape index (κ3) is 7.11. The van der Waals surface area contributed by atoms with Crippen LogP contribution in [0.4, 0.5) is 4.39 Å². The maximum atomic E-state index is 12.9. The summed E-state index contributed by atoms with van der Waals surface area (Å²) in [7, 11) is -3.07. The molecule has 0 amide bonds. The first-order valence-corrected chi connectivity index (χ1v) is 12.4. The highest BCUT2D eigenvalue weighted by Crippen LogP contribution is 2.35. The van der Waals surface area contributed by atoms with E-state index in [1.54, 1.807) is 12.1 Å². The third-order valence-electron chi connectivity index (χ3n) is 5.02. The Bertz CT molecular complexity index is 1060. The smallest absolute Gasteiger partial charge is 0.177 e. The van der Waals surface area contributed by atoms with Gasteiger partial charge in [0.15, 0.2) is 20.8 Å². The van der Waals surface area contributed by atoms with Gasteiger partial charge in [0.2, 0.25) is 0 Å². The summed E-state index contributed by atoms with van der Waals surface area (Å²) >= 11 is 6.31. The Hall–Kier alpha value is -2.32. The van der Waals surface area contributed by atoms with Crippen molar-refractivity contribution in [1.29, 1.82) is 0 Å². The molecule has 168 valence electrons. The second kappa shape index (κ2) is 11.3. The zero-order valence-electron chi connectivity index (χ0n) is 18.1. The van der Waals surface area contributed by atoms with Gasteiger partial charge in [0.05, 0.1) is 16.8 Å². The number of aromatic amines is 1. The summed E-state index contributed by atoms with van der Waals surface area (Å²) in [5.41, 5.74) is 1.57. The summed E-state index contributed by atoms with van der Waals surface area (Å²) in [5, 5.41) is 0.495. The number of nitrogens with one attached hydrogen (secondary N) is 1. The second-order valence-electron chi connectivity index (χ2n) is 7.39. The van der Waals surface area contributed by atoms with E-state index in [1.807, 2.05) is 0 Å². The van der Waals surface area contributed by atoms with Crippen molar-refractivity contribution in [3.63, 3.8) is 0 Å². The van der Waals surface area contributed by atoms with Crippen molar-refractivity contribution in [2.45, 2.75) is 50.8 Å². The molecule has 3 heterocycles. The van der Waals surface area contributed by atoms with Crippen LogP contribution >= 0.6 is 11.6 Å². The summed E-state index contributed by atoms with van der Waals surface area (Å²) in [6.07, 6.45) is 8.45. The van der Waals surface area contributed by atoms with E-state index in [0.717, 1.165) is 31.2 Å². The van der Waals surface area contributed by atoms with Gasteiger partial charge in [-0.15, -0.1) is 0 Å². The van der Waals surface area contributed by atoms with Gasteiger partial charge in [-0.2, -0.15) is 0 Å². The first-order chi connectivity index (χ1) is 14.7. The molecule has 0 aliphatic heterocycles. The molecule has 0 saturated heterocycles. The number of H-pyrrole nitrogens is 1. The fourth-order valence-electron chi connectivity index (χ4n) is 3.12. The van der Waals surface area contributed by atoms with Crippen molar-refractivity contribution >= 4 is 21.4 Å². The number of hydrogen-bond acceptors (Lipinski definition) is 5. The molecular weight excluding hydrogens is 439 g/mol. The highest BCUT2D eigenvalue weighted by molar-refractivity contribution is 7.90. The number of halogens is 2. The number of pyridine rings is 2. The molecule has 0 aromatic carbocycles. The Balaban J connectivity index is 0.000000285. The standard InChI is InChI=1S/C16H21ClFN3.C6H7NO2S/c1-4-6-12(10(3)5-2)14-15(17)21-16(20-14)13-8-7-11(18)9-19-13;1-10(8,9)6-3-2-4-7-5-6/h7-10,12H,4-6H2,1-3H3,(H,20,21);2-5H,1H3/t10-,12+;/m0./s1. The van der Waals surface area contributed by atoms with Gasteiger partial charge in [-0.3, -0.25) is 4.98 Å². The van der Waals surface area contributed by atoms with Gasteiger partial charge >= 0.3 is 0 Å². The number of hydrogen-bond donors (Lipinski definition) is 1. The number of sulfone groups is 1. The lowest BCUT2D eigenvalue weighted by atomic mass is 9.86. The molecular formula is C22H28ClFN4O2S. The van der Waals surface area contributed by atoms with E-state index in [4.69, 9.17) is 11.6 Å². The summed E-state index contributed by atoms with van der Waals surface area (Å²) in [6, 6.07) is 6.09. The van der Waals surface area contributed by atoms with Crippen molar-refractivity contribution in [2.75, 3.05) is 6.26 Å². The quantitative estimate of drug-likeness (QED) is 0.484. The van der Waals surface area contributed by atoms with Crippen molar-refractivity contribution in [3.8, 4) is 11.5 Å². The first-order valence-electron chi connectivity index (χ1n) is 10.1. The largest absolute Gasteiger partial charge is 0.339 e. The molecule has 6 nitrogen and oxygen atoms in total. The summed E-state index contributed by atoms with van der Waals surface area (Å²) in [5.74, 6) is 1.12. The van der Waals surface area contributed by atoms with E-state index in [9.17, 15) is 12.8 Å². The van der Waals surface area contributed by atoms with Gasteiger partial charge in [0.25, 0.3) is 0 Å². The molecule has 0 radical (unpaired) electrons. The lowest BCUT2D eigenvalue weighted by Gasteiger charge is -2.21. The summed E-state index contributed by atoms with van der Waals surface area (Å²) in [4.78, 5) is 15.6. The van der Waals surface area contributed by atoms with Crippen LogP contribution in [0.25, 0.3) is 11.5 Å². The maximum absolute atomic E-state index is 12.9. The van der Waals surface area contributed by atoms with Crippen LogP contribution in [0, 0.1) is 11.7 Å². The Morgan fingerprint density at radius 2 is 1.94 bits per heavy atom. The van der Waals surface area contributed by atoms with Crippen LogP contribution < -0.4 is 0 Å². The van der Waals surface area contributed by atoms with Crippen LogP contribution in [0.5, 0.6) is 0 Å². The topological polar surface area (TPSA) is 88.6 Å². The minimum Gasteiger partial charge on any atom is -0.339 e. The molecule has 0 unspecified atom stereocenters. The number of aromatic nitrogens is 4. The van der Waals surface area contributed by atoms with Gasteiger partial charge in [-0.1, -0.05) is 45.2 Å². The molecule has 31 heavy (non-hydrogen) atoms. The molecule has 0 aliphatic rings. The monoisotopic (exact) mass is 466 g/mol. The maximum Gasteiger partial charge on any atom is 0.177 e. The lowest BCUT2D eigenvalue weighted by molar-refractivity contribution is 0.412. The fraction of sp³-hybridized carbons (Fsp3) is 0.409. The molecule has 0 fully saturated rings. The van der Waals surface area contributed by atoms with E-state index < -0.39 is 9.84 Å². The Morgan fingerprint density at radius 1 is 1.19 bits per heavy atom. The summed E-state index contributed by atoms with van der Waals surface area (Å²) in [6.45, 7) is 6.58. The number of nitrogens with zero attached hydrogens (tertiary/aromatic N) is 3. The Morgan fingerprint density at radius 3 is 2.42 bits per heavy atom. The number of imidazole rings is 1. The average molecular weight is 467 g/mol. The minimum absolute atomic E-state index is 0.259. The van der Waals surface area contributed by atoms with E-state index in [-0.39, 0.29) is 10.7 Å². The molecule has 2 atom stereocenters. The first kappa shape index (κ1) is 24.9. The van der Waals surface area contributed by atoms with Crippen LogP contribution in [0.3, 0.4) is 0 Å². The lowest BCUT2D eigenvalue weighted by Crippen LogP contribution is -2.10. The number of rotatable bonds is 7. The molecule has 3 rings (SSSR count). The fourth-order valence-corrected chi connectivity index (χ4v) is 3.97. The predicted molar refractivity (Wildman–Crippen MR) is 121 cm³/mol. The molecule has 0 bridgehead atoms. The molecule has 0 spiro atoms. The van der Waals surface area contributed by atoms with Gasteiger partial charge in [-0.25, -0.2) is 22.8 Å². The van der Waals surface area contributed by atoms with Crippen LogP contribution in [0.2, 0.25) is 5.15 Å². The van der Waals surface area contributed by atoms with Crippen molar-refractivity contribution in [1.82, 2.24) is 19.9 Å². The molecule has 0 saturated carbocycles. The van der Waals surface area contributed by atoms with Gasteiger partial charge in [0, 0.05) is 24.6 Å². The zero-order valence-corrected chi connectivity index (χ0v) is 19.7. The van der Waals surface area contributed by atoms with Gasteiger partial charge in [0.1, 0.15) is 11.5 Å². The molecule has 9 heteroatoms. The Kier molecular flexibility index (Phi) is 9.13. The molecule has 3 aromatic heterocycles. The van der Waals surface area contributed by atoms with Crippen molar-refractivity contribution < 1.29 is 12.8 Å². The van der Waals surface area contributed by atoms with Crippen LogP contribution in [-0.4, -0.2) is 34.6 Å². The van der Waals surface area contributed by atoms with Crippen LogP contribution in [-0.2, 0) is 9.84 Å². The second-order valence-corrected chi connectivity index (χ2v) is 9.77. The van der Waals surface area contributed by atoms with Crippen molar-refractivity contribution in [2.24, 2.45) is 5.92 Å². The van der Waals surface area contributed by atoms with Gasteiger partial charge in [-0.05, 0) is 36.6 Å². The third-order valence-corrected chi connectivity index (χ3v) is 6.41. The van der Waals surface area contributed by atoms with Gasteiger partial charge < -0.3 is 4.98 Å². The van der Waals surface area contributed by atoms with E-state index >= 15 is 0 Å². The normalized spacial score (nSPS) is 13.2. The molecule has 0 aliphatic carbocycles. The predicted octanol–water partition coefficient (Wildman–Crippen LogP) is 5.68. The van der Waals surface area contributed by atoms with E-state index in [1.165, 1.54) is 30.7 Å². The van der Waals surface area contributed by atoms with E-state index in [2.05, 4.69) is 40.7 Å². The highest BCUT2D eigenvalue weighted by Gasteiger charge is 2.23. The summed E-state index contributed by atoms with van der Waals surface area (Å²) < 4.78 is 34.5. The highest BCUT2D eigenvalue weighted by atomic mass is 35.5.